The molecule has 2 heterocycles. The highest BCUT2D eigenvalue weighted by Crippen LogP contribution is 2.23. The Bertz CT molecular complexity index is 998. The minimum absolute atomic E-state index is 0.178. The lowest BCUT2D eigenvalue weighted by molar-refractivity contribution is 1.02. The maximum Gasteiger partial charge on any atom is 0.228 e. The molecule has 7 heteroatoms. The van der Waals surface area contributed by atoms with Gasteiger partial charge in [0, 0.05) is 23.9 Å². The number of benzene rings is 2. The van der Waals surface area contributed by atoms with Crippen LogP contribution in [-0.2, 0) is 6.54 Å². The van der Waals surface area contributed by atoms with Gasteiger partial charge in [-0.3, -0.25) is 5.10 Å². The van der Waals surface area contributed by atoms with Crippen LogP contribution < -0.4 is 11.1 Å². The van der Waals surface area contributed by atoms with Gasteiger partial charge in [-0.1, -0.05) is 48.5 Å². The summed E-state index contributed by atoms with van der Waals surface area (Å²) in [6.45, 7) is 0.609. The second kappa shape index (κ2) is 7.02. The van der Waals surface area contributed by atoms with Crippen LogP contribution in [0.1, 0.15) is 5.56 Å². The molecule has 0 unspecified atom stereocenters. The molecule has 4 aromatic rings. The minimum atomic E-state index is 0.178. The number of rotatable bonds is 5. The van der Waals surface area contributed by atoms with Crippen LogP contribution in [0.3, 0.4) is 0 Å². The average molecular weight is 343 g/mol. The van der Waals surface area contributed by atoms with Crippen molar-refractivity contribution in [3.8, 4) is 22.6 Å². The summed E-state index contributed by atoms with van der Waals surface area (Å²) < 4.78 is 0. The van der Waals surface area contributed by atoms with E-state index in [0.717, 1.165) is 22.4 Å². The zero-order valence-electron chi connectivity index (χ0n) is 13.9. The number of hydrogen-bond donors (Lipinski definition) is 3. The van der Waals surface area contributed by atoms with Crippen molar-refractivity contribution in [3.05, 3.63) is 72.4 Å². The summed E-state index contributed by atoms with van der Waals surface area (Å²) in [5.74, 6) is 1.15. The zero-order chi connectivity index (χ0) is 17.8. The number of anilines is 2. The smallest absolute Gasteiger partial charge is 0.228 e. The summed E-state index contributed by atoms with van der Waals surface area (Å²) in [6, 6.07) is 19.8. The first-order valence-corrected chi connectivity index (χ1v) is 8.17. The maximum atomic E-state index is 5.88. The number of H-pyrrole nitrogens is 1. The number of aromatic amines is 1. The van der Waals surface area contributed by atoms with E-state index >= 15 is 0 Å². The van der Waals surface area contributed by atoms with Gasteiger partial charge in [0.05, 0.1) is 5.69 Å². The van der Waals surface area contributed by atoms with Gasteiger partial charge in [0.25, 0.3) is 0 Å². The molecule has 0 bridgehead atoms. The van der Waals surface area contributed by atoms with Gasteiger partial charge in [-0.2, -0.15) is 20.1 Å². The normalized spacial score (nSPS) is 10.6. The molecule has 0 fully saturated rings. The van der Waals surface area contributed by atoms with Crippen LogP contribution in [0.5, 0.6) is 0 Å². The van der Waals surface area contributed by atoms with Crippen LogP contribution in [0.25, 0.3) is 22.6 Å². The van der Waals surface area contributed by atoms with E-state index in [0.29, 0.717) is 18.3 Å². The molecule has 7 nitrogen and oxygen atoms in total. The molecule has 4 N–H and O–H groups in total. The zero-order valence-corrected chi connectivity index (χ0v) is 13.9. The molecule has 4 rings (SSSR count). The van der Waals surface area contributed by atoms with Crippen molar-refractivity contribution in [1.29, 1.82) is 0 Å². The molecule has 0 radical (unpaired) electrons. The molecular weight excluding hydrogens is 326 g/mol. The van der Waals surface area contributed by atoms with Gasteiger partial charge in [-0.15, -0.1) is 0 Å². The van der Waals surface area contributed by atoms with Crippen molar-refractivity contribution in [1.82, 2.24) is 25.1 Å². The van der Waals surface area contributed by atoms with Crippen LogP contribution in [0.15, 0.2) is 66.9 Å². The summed E-state index contributed by atoms with van der Waals surface area (Å²) in [5.41, 5.74) is 9.79. The lowest BCUT2D eigenvalue weighted by Crippen LogP contribution is -2.08. The number of nitrogens with zero attached hydrogens (tertiary/aromatic N) is 4. The number of nitrogen functional groups attached to an aromatic ring is 1. The molecule has 0 saturated carbocycles. The van der Waals surface area contributed by atoms with E-state index in [1.165, 1.54) is 0 Å². The molecule has 0 saturated heterocycles. The predicted molar refractivity (Wildman–Crippen MR) is 101 cm³/mol. The quantitative estimate of drug-likeness (QED) is 0.514. The molecular formula is C19H17N7. The third-order valence-electron chi connectivity index (χ3n) is 3.88. The monoisotopic (exact) mass is 343 g/mol. The summed E-state index contributed by atoms with van der Waals surface area (Å²) in [7, 11) is 0. The van der Waals surface area contributed by atoms with E-state index in [2.05, 4.69) is 30.5 Å². The Kier molecular flexibility index (Phi) is 4.26. The molecule has 2 aromatic carbocycles. The third-order valence-corrected chi connectivity index (χ3v) is 3.88. The van der Waals surface area contributed by atoms with Crippen LogP contribution in [0.2, 0.25) is 0 Å². The second-order valence-electron chi connectivity index (χ2n) is 5.73. The lowest BCUT2D eigenvalue weighted by atomic mass is 10.1. The van der Waals surface area contributed by atoms with Crippen LogP contribution in [0.4, 0.5) is 11.9 Å². The molecule has 0 amide bonds. The lowest BCUT2D eigenvalue weighted by Gasteiger charge is -2.08. The Morgan fingerprint density at radius 2 is 1.73 bits per heavy atom. The second-order valence-corrected chi connectivity index (χ2v) is 5.73. The number of aromatic nitrogens is 5. The van der Waals surface area contributed by atoms with Crippen molar-refractivity contribution in [2.75, 3.05) is 11.1 Å². The van der Waals surface area contributed by atoms with E-state index in [9.17, 15) is 0 Å². The first-order chi connectivity index (χ1) is 12.8. The number of nitrogens with one attached hydrogen (secondary N) is 2. The molecule has 0 aliphatic carbocycles. The molecule has 2 aromatic heterocycles. The number of nitrogens with two attached hydrogens (primary N) is 1. The summed E-state index contributed by atoms with van der Waals surface area (Å²) in [4.78, 5) is 12.9. The van der Waals surface area contributed by atoms with Crippen molar-refractivity contribution < 1.29 is 0 Å². The van der Waals surface area contributed by atoms with Crippen molar-refractivity contribution in [2.45, 2.75) is 6.54 Å². The van der Waals surface area contributed by atoms with Gasteiger partial charge in [0.15, 0.2) is 5.82 Å². The number of hydrogen-bond acceptors (Lipinski definition) is 6. The van der Waals surface area contributed by atoms with Gasteiger partial charge in [0.1, 0.15) is 0 Å². The van der Waals surface area contributed by atoms with Crippen molar-refractivity contribution in [2.24, 2.45) is 0 Å². The molecule has 26 heavy (non-hydrogen) atoms. The van der Waals surface area contributed by atoms with E-state index in [1.807, 2.05) is 60.7 Å². The maximum absolute atomic E-state index is 5.88. The van der Waals surface area contributed by atoms with E-state index in [-0.39, 0.29) is 5.95 Å². The van der Waals surface area contributed by atoms with E-state index in [1.54, 1.807) is 6.20 Å². The highest BCUT2D eigenvalue weighted by Gasteiger charge is 2.09. The summed E-state index contributed by atoms with van der Waals surface area (Å²) in [6.07, 6.45) is 1.72. The fourth-order valence-corrected chi connectivity index (χ4v) is 2.62. The summed E-state index contributed by atoms with van der Waals surface area (Å²) in [5, 5.41) is 10.1. The highest BCUT2D eigenvalue weighted by molar-refractivity contribution is 5.68. The Balaban J connectivity index is 1.61. The van der Waals surface area contributed by atoms with E-state index < -0.39 is 0 Å². The minimum Gasteiger partial charge on any atom is -0.368 e. The predicted octanol–water partition coefficient (Wildman–Crippen LogP) is 3.12. The summed E-state index contributed by atoms with van der Waals surface area (Å²) >= 11 is 0. The van der Waals surface area contributed by atoms with E-state index in [4.69, 9.17) is 5.73 Å². The topological polar surface area (TPSA) is 105 Å². The Hall–Kier alpha value is -3.74. The fourth-order valence-electron chi connectivity index (χ4n) is 2.62. The average Bonchev–Trinajstić information content (AvgIpc) is 3.22. The standard InChI is InChI=1S/C19H17N7/c20-18-23-17(15-8-4-7-14(11-15)16-9-10-22-26-16)24-19(25-18)21-12-13-5-2-1-3-6-13/h1-11H,12H2,(H,22,26)(H3,20,21,23,24,25). The molecule has 0 aliphatic heterocycles. The van der Waals surface area contributed by atoms with Crippen molar-refractivity contribution >= 4 is 11.9 Å². The fraction of sp³-hybridized carbons (Fsp3) is 0.0526. The van der Waals surface area contributed by atoms with Gasteiger partial charge in [-0.25, -0.2) is 0 Å². The third kappa shape index (κ3) is 3.51. The molecule has 0 spiro atoms. The van der Waals surface area contributed by atoms with Gasteiger partial charge < -0.3 is 11.1 Å². The Morgan fingerprint density at radius 3 is 2.54 bits per heavy atom. The van der Waals surface area contributed by atoms with Gasteiger partial charge in [-0.05, 0) is 17.7 Å². The van der Waals surface area contributed by atoms with Crippen LogP contribution in [-0.4, -0.2) is 25.1 Å². The van der Waals surface area contributed by atoms with Gasteiger partial charge in [0.2, 0.25) is 11.9 Å². The Morgan fingerprint density at radius 1 is 0.885 bits per heavy atom. The van der Waals surface area contributed by atoms with Crippen LogP contribution >= 0.6 is 0 Å². The first kappa shape index (κ1) is 15.8. The SMILES string of the molecule is Nc1nc(NCc2ccccc2)nc(-c2cccc(-c3ccn[nH]3)c2)n1. The first-order valence-electron chi connectivity index (χ1n) is 8.17. The van der Waals surface area contributed by atoms with Crippen molar-refractivity contribution in [3.63, 3.8) is 0 Å². The molecule has 0 atom stereocenters. The molecule has 128 valence electrons. The largest absolute Gasteiger partial charge is 0.368 e. The Labute approximate surface area is 150 Å². The molecule has 0 aliphatic rings. The van der Waals surface area contributed by atoms with Crippen LogP contribution in [0, 0.1) is 0 Å². The highest BCUT2D eigenvalue weighted by atomic mass is 15.2. The van der Waals surface area contributed by atoms with Gasteiger partial charge >= 0.3 is 0 Å².